The molecule has 1 aromatic heterocycles. The van der Waals surface area contributed by atoms with Gasteiger partial charge in [-0.05, 0) is 17.7 Å². The molecule has 0 atom stereocenters. The molecule has 18 heavy (non-hydrogen) atoms. The van der Waals surface area contributed by atoms with Gasteiger partial charge in [0.05, 0.1) is 18.4 Å². The van der Waals surface area contributed by atoms with Gasteiger partial charge in [0, 0.05) is 6.20 Å². The number of hydrogen-bond acceptors (Lipinski definition) is 2. The Morgan fingerprint density at radius 3 is 2.28 bits per heavy atom. The van der Waals surface area contributed by atoms with Crippen molar-refractivity contribution in [2.24, 2.45) is 0 Å². The van der Waals surface area contributed by atoms with Crippen LogP contribution >= 0.6 is 0 Å². The van der Waals surface area contributed by atoms with Crippen molar-refractivity contribution in [3.05, 3.63) is 60.4 Å². The summed E-state index contributed by atoms with van der Waals surface area (Å²) < 4.78 is 39.0. The van der Waals surface area contributed by atoms with Gasteiger partial charge in [-0.2, -0.15) is 13.2 Å². The number of aromatic nitrogens is 1. The molecule has 2 nitrogen and oxygen atoms in total. The lowest BCUT2D eigenvalue weighted by Gasteiger charge is -2.26. The van der Waals surface area contributed by atoms with Crippen LogP contribution in [0.1, 0.15) is 5.56 Å². The normalized spacial score (nSPS) is 11.3. The molecule has 0 saturated heterocycles. The van der Waals surface area contributed by atoms with E-state index in [-0.39, 0.29) is 12.2 Å². The molecule has 0 aliphatic carbocycles. The zero-order chi connectivity index (χ0) is 13.0. The van der Waals surface area contributed by atoms with Crippen LogP contribution in [-0.4, -0.2) is 11.3 Å². The number of anilines is 1. The average molecular weight is 252 g/mol. The van der Waals surface area contributed by atoms with Crippen LogP contribution in [0.2, 0.25) is 0 Å². The Labute approximate surface area is 103 Å². The summed E-state index contributed by atoms with van der Waals surface area (Å²) in [6.45, 7) is -0.226. The van der Waals surface area contributed by atoms with Crippen molar-refractivity contribution < 1.29 is 13.2 Å². The summed E-state index contributed by atoms with van der Waals surface area (Å²) in [5.41, 5.74) is 0.632. The van der Waals surface area contributed by atoms with E-state index >= 15 is 0 Å². The van der Waals surface area contributed by atoms with Crippen LogP contribution in [-0.2, 0) is 6.54 Å². The van der Waals surface area contributed by atoms with Gasteiger partial charge in [0.2, 0.25) is 0 Å². The van der Waals surface area contributed by atoms with Gasteiger partial charge in [-0.3, -0.25) is 9.88 Å². The van der Waals surface area contributed by atoms with Crippen molar-refractivity contribution >= 4 is 5.69 Å². The molecule has 0 unspecified atom stereocenters. The number of hydrogen-bond donors (Lipinski definition) is 0. The maximum atomic E-state index is 13.0. The van der Waals surface area contributed by atoms with Crippen molar-refractivity contribution in [1.82, 2.24) is 4.98 Å². The minimum Gasteiger partial charge on any atom is -0.278 e. The van der Waals surface area contributed by atoms with E-state index in [0.29, 0.717) is 10.5 Å². The quantitative estimate of drug-likeness (QED) is 0.776. The first kappa shape index (κ1) is 12.4. The molecule has 94 valence electrons. The molecule has 0 saturated carbocycles. The highest BCUT2D eigenvalue weighted by atomic mass is 19.4. The van der Waals surface area contributed by atoms with E-state index in [4.69, 9.17) is 0 Å². The predicted molar refractivity (Wildman–Crippen MR) is 62.9 cm³/mol. The van der Waals surface area contributed by atoms with Crippen LogP contribution in [0.15, 0.2) is 54.9 Å². The lowest BCUT2D eigenvalue weighted by atomic mass is 10.2. The summed E-state index contributed by atoms with van der Waals surface area (Å²) in [4.78, 5) is 4.09. The summed E-state index contributed by atoms with van der Waals surface area (Å²) in [6.07, 6.45) is -1.78. The monoisotopic (exact) mass is 252 g/mol. The Bertz CT molecular complexity index is 483. The largest absolute Gasteiger partial charge is 0.485 e. The van der Waals surface area contributed by atoms with Crippen LogP contribution < -0.4 is 4.90 Å². The number of halogens is 3. The van der Waals surface area contributed by atoms with Crippen LogP contribution in [0, 0.1) is 0 Å². The van der Waals surface area contributed by atoms with Crippen molar-refractivity contribution in [1.29, 1.82) is 0 Å². The van der Waals surface area contributed by atoms with E-state index in [9.17, 15) is 13.2 Å². The molecular formula is C13H11F3N2. The molecule has 0 fully saturated rings. The van der Waals surface area contributed by atoms with Crippen LogP contribution in [0.25, 0.3) is 0 Å². The molecule has 2 rings (SSSR count). The second kappa shape index (κ2) is 5.08. The van der Waals surface area contributed by atoms with Gasteiger partial charge < -0.3 is 0 Å². The minimum absolute atomic E-state index is 0.0360. The maximum absolute atomic E-state index is 13.0. The topological polar surface area (TPSA) is 16.1 Å². The van der Waals surface area contributed by atoms with Crippen molar-refractivity contribution in [2.75, 3.05) is 4.90 Å². The van der Waals surface area contributed by atoms with E-state index in [0.717, 1.165) is 0 Å². The number of benzene rings is 1. The fourth-order valence-corrected chi connectivity index (χ4v) is 1.61. The molecule has 0 aliphatic rings. The molecule has 0 amide bonds. The number of pyridine rings is 1. The molecule has 2 aromatic rings. The van der Waals surface area contributed by atoms with E-state index in [1.54, 1.807) is 30.3 Å². The summed E-state index contributed by atoms with van der Waals surface area (Å²) in [7, 11) is 0. The first-order valence-corrected chi connectivity index (χ1v) is 5.36. The number of nitrogens with zero attached hydrogens (tertiary/aromatic N) is 2. The van der Waals surface area contributed by atoms with Crippen molar-refractivity contribution in [3.63, 3.8) is 0 Å². The highest BCUT2D eigenvalue weighted by molar-refractivity contribution is 5.45. The predicted octanol–water partition coefficient (Wildman–Crippen LogP) is 3.61. The van der Waals surface area contributed by atoms with E-state index in [1.807, 2.05) is 0 Å². The molecule has 0 N–H and O–H groups in total. The summed E-state index contributed by atoms with van der Waals surface area (Å²) in [6, 6.07) is 11.4. The van der Waals surface area contributed by atoms with E-state index < -0.39 is 6.30 Å². The fraction of sp³-hybridized carbons (Fsp3) is 0.154. The SMILES string of the molecule is FC(F)(F)N(Cc1ccccc1)c1cccnc1. The van der Waals surface area contributed by atoms with Gasteiger partial charge in [-0.25, -0.2) is 0 Å². The Balaban J connectivity index is 2.28. The second-order valence-electron chi connectivity index (χ2n) is 3.75. The highest BCUT2D eigenvalue weighted by Gasteiger charge is 2.37. The zero-order valence-electron chi connectivity index (χ0n) is 9.43. The standard InChI is InChI=1S/C13H11F3N2/c14-13(15,16)18(12-7-4-8-17-9-12)10-11-5-2-1-3-6-11/h1-9H,10H2. The second-order valence-corrected chi connectivity index (χ2v) is 3.75. The minimum atomic E-state index is -4.43. The Morgan fingerprint density at radius 1 is 1.00 bits per heavy atom. The fourth-order valence-electron chi connectivity index (χ4n) is 1.61. The third-order valence-electron chi connectivity index (χ3n) is 2.45. The molecule has 0 radical (unpaired) electrons. The first-order chi connectivity index (χ1) is 8.57. The van der Waals surface area contributed by atoms with Crippen molar-refractivity contribution in [2.45, 2.75) is 12.8 Å². The maximum Gasteiger partial charge on any atom is 0.485 e. The molecule has 0 aliphatic heterocycles. The van der Waals surface area contributed by atoms with Gasteiger partial charge in [0.15, 0.2) is 0 Å². The molecule has 5 heteroatoms. The van der Waals surface area contributed by atoms with Crippen LogP contribution in [0.5, 0.6) is 0 Å². The molecule has 1 aromatic carbocycles. The van der Waals surface area contributed by atoms with E-state index in [1.165, 1.54) is 24.5 Å². The number of rotatable bonds is 3. The average Bonchev–Trinajstić information content (AvgIpc) is 2.37. The first-order valence-electron chi connectivity index (χ1n) is 5.36. The summed E-state index contributed by atoms with van der Waals surface area (Å²) in [5, 5.41) is 0. The Hall–Kier alpha value is -2.04. The number of alkyl halides is 3. The van der Waals surface area contributed by atoms with Crippen LogP contribution in [0.4, 0.5) is 18.9 Å². The highest BCUT2D eigenvalue weighted by Crippen LogP contribution is 2.29. The molecule has 1 heterocycles. The van der Waals surface area contributed by atoms with Crippen molar-refractivity contribution in [3.8, 4) is 0 Å². The summed E-state index contributed by atoms with van der Waals surface area (Å²) >= 11 is 0. The van der Waals surface area contributed by atoms with Gasteiger partial charge >= 0.3 is 6.30 Å². The third kappa shape index (κ3) is 3.00. The lowest BCUT2D eigenvalue weighted by molar-refractivity contribution is -0.130. The van der Waals surface area contributed by atoms with Gasteiger partial charge in [0.1, 0.15) is 0 Å². The van der Waals surface area contributed by atoms with Crippen LogP contribution in [0.3, 0.4) is 0 Å². The Kier molecular flexibility index (Phi) is 3.50. The molecule has 0 bridgehead atoms. The molecular weight excluding hydrogens is 241 g/mol. The van der Waals surface area contributed by atoms with Gasteiger partial charge in [-0.15, -0.1) is 0 Å². The lowest BCUT2D eigenvalue weighted by Crippen LogP contribution is -2.37. The smallest absolute Gasteiger partial charge is 0.278 e. The van der Waals surface area contributed by atoms with Gasteiger partial charge in [0.25, 0.3) is 0 Å². The third-order valence-corrected chi connectivity index (χ3v) is 2.45. The van der Waals surface area contributed by atoms with Gasteiger partial charge in [-0.1, -0.05) is 30.3 Å². The summed E-state index contributed by atoms with van der Waals surface area (Å²) in [5.74, 6) is 0. The zero-order valence-corrected chi connectivity index (χ0v) is 9.43. The Morgan fingerprint density at radius 2 is 1.72 bits per heavy atom. The van der Waals surface area contributed by atoms with E-state index in [2.05, 4.69) is 4.98 Å². The molecule has 0 spiro atoms.